The molecule has 1 saturated carbocycles. The summed E-state index contributed by atoms with van der Waals surface area (Å²) in [4.78, 5) is 0. The average molecular weight is 246 g/mol. The van der Waals surface area contributed by atoms with E-state index in [0.29, 0.717) is 5.92 Å². The van der Waals surface area contributed by atoms with E-state index >= 15 is 0 Å². The zero-order chi connectivity index (χ0) is 13.2. The van der Waals surface area contributed by atoms with Crippen LogP contribution in [0.5, 0.6) is 0 Å². The second-order valence-corrected chi connectivity index (χ2v) is 6.59. The normalized spacial score (nSPS) is 25.1. The Hall–Kier alpha value is -0.820. The molecule has 0 aromatic heterocycles. The lowest BCUT2D eigenvalue weighted by Gasteiger charge is -2.32. The summed E-state index contributed by atoms with van der Waals surface area (Å²) >= 11 is 0. The van der Waals surface area contributed by atoms with Gasteiger partial charge in [0.15, 0.2) is 0 Å². The highest BCUT2D eigenvalue weighted by Crippen LogP contribution is 2.39. The van der Waals surface area contributed by atoms with Gasteiger partial charge < -0.3 is 5.11 Å². The average Bonchev–Trinajstić information content (AvgIpc) is 2.40. The van der Waals surface area contributed by atoms with Gasteiger partial charge >= 0.3 is 0 Å². The molecule has 1 aliphatic carbocycles. The van der Waals surface area contributed by atoms with E-state index in [1.54, 1.807) is 0 Å². The van der Waals surface area contributed by atoms with E-state index in [1.165, 1.54) is 36.8 Å². The number of aliphatic hydroxyl groups is 1. The molecular formula is C17H26O. The summed E-state index contributed by atoms with van der Waals surface area (Å²) in [5, 5.41) is 9.61. The van der Waals surface area contributed by atoms with Crippen LogP contribution in [-0.2, 0) is 5.41 Å². The summed E-state index contributed by atoms with van der Waals surface area (Å²) in [6.07, 6.45) is 5.30. The van der Waals surface area contributed by atoms with Gasteiger partial charge in [0.25, 0.3) is 0 Å². The predicted molar refractivity (Wildman–Crippen MR) is 76.9 cm³/mol. The van der Waals surface area contributed by atoms with Crippen LogP contribution in [0.15, 0.2) is 24.3 Å². The first-order valence-corrected chi connectivity index (χ1v) is 7.25. The van der Waals surface area contributed by atoms with Crippen LogP contribution in [0, 0.1) is 5.92 Å². The van der Waals surface area contributed by atoms with Crippen LogP contribution in [0.1, 0.15) is 63.5 Å². The predicted octanol–water partition coefficient (Wildman–Crippen LogP) is 4.25. The van der Waals surface area contributed by atoms with Crippen molar-refractivity contribution in [1.29, 1.82) is 0 Å². The fourth-order valence-electron chi connectivity index (χ4n) is 3.13. The first-order chi connectivity index (χ1) is 8.54. The molecule has 0 spiro atoms. The van der Waals surface area contributed by atoms with Crippen LogP contribution < -0.4 is 0 Å². The maximum Gasteiger partial charge on any atom is 0.0522 e. The van der Waals surface area contributed by atoms with E-state index in [-0.39, 0.29) is 12.0 Å². The minimum atomic E-state index is -0.125. The van der Waals surface area contributed by atoms with Crippen molar-refractivity contribution in [3.05, 3.63) is 35.4 Å². The summed E-state index contributed by atoms with van der Waals surface area (Å²) in [7, 11) is 0. The Morgan fingerprint density at radius 3 is 2.33 bits per heavy atom. The lowest BCUT2D eigenvalue weighted by molar-refractivity contribution is 0.216. The highest BCUT2D eigenvalue weighted by Gasteiger charge is 2.27. The van der Waals surface area contributed by atoms with Gasteiger partial charge in [-0.15, -0.1) is 0 Å². The van der Waals surface area contributed by atoms with Crippen LogP contribution in [0.25, 0.3) is 0 Å². The molecule has 18 heavy (non-hydrogen) atoms. The van der Waals surface area contributed by atoms with Crippen molar-refractivity contribution in [2.24, 2.45) is 5.92 Å². The van der Waals surface area contributed by atoms with Crippen molar-refractivity contribution in [3.63, 3.8) is 0 Å². The van der Waals surface area contributed by atoms with E-state index in [9.17, 15) is 5.11 Å². The molecule has 0 saturated heterocycles. The molecular weight excluding hydrogens is 220 g/mol. The van der Waals surface area contributed by atoms with Crippen LogP contribution >= 0.6 is 0 Å². The van der Waals surface area contributed by atoms with E-state index in [4.69, 9.17) is 0 Å². The molecule has 1 fully saturated rings. The lowest BCUT2D eigenvalue weighted by atomic mass is 9.73. The van der Waals surface area contributed by atoms with Crippen molar-refractivity contribution in [2.75, 3.05) is 6.61 Å². The van der Waals surface area contributed by atoms with Gasteiger partial charge in [-0.1, -0.05) is 57.9 Å². The Labute approximate surface area is 111 Å². The molecule has 1 heteroatoms. The largest absolute Gasteiger partial charge is 0.395 e. The van der Waals surface area contributed by atoms with Crippen molar-refractivity contribution in [3.8, 4) is 0 Å². The first-order valence-electron chi connectivity index (χ1n) is 7.25. The fraction of sp³-hybridized carbons (Fsp3) is 0.647. The fourth-order valence-corrected chi connectivity index (χ4v) is 3.13. The summed E-state index contributed by atoms with van der Waals surface area (Å²) in [6.45, 7) is 6.85. The molecule has 1 N–H and O–H groups in total. The SMILES string of the molecule is CC1CCC(c2ccccc2C(C)(C)CO)CC1. The Morgan fingerprint density at radius 2 is 1.72 bits per heavy atom. The quantitative estimate of drug-likeness (QED) is 0.845. The number of hydrogen-bond acceptors (Lipinski definition) is 1. The van der Waals surface area contributed by atoms with Crippen molar-refractivity contribution >= 4 is 0 Å². The zero-order valence-corrected chi connectivity index (χ0v) is 11.9. The molecule has 0 amide bonds. The summed E-state index contributed by atoms with van der Waals surface area (Å²) in [5.41, 5.74) is 2.69. The van der Waals surface area contributed by atoms with Gasteiger partial charge in [0.2, 0.25) is 0 Å². The Morgan fingerprint density at radius 1 is 1.11 bits per heavy atom. The lowest BCUT2D eigenvalue weighted by Crippen LogP contribution is -2.25. The van der Waals surface area contributed by atoms with Gasteiger partial charge in [0, 0.05) is 5.41 Å². The van der Waals surface area contributed by atoms with Crippen LogP contribution in [0.4, 0.5) is 0 Å². The molecule has 0 atom stereocenters. The number of benzene rings is 1. The molecule has 0 bridgehead atoms. The Balaban J connectivity index is 2.28. The molecule has 1 nitrogen and oxygen atoms in total. The highest BCUT2D eigenvalue weighted by molar-refractivity contribution is 5.36. The van der Waals surface area contributed by atoms with Crippen LogP contribution in [-0.4, -0.2) is 11.7 Å². The second-order valence-electron chi connectivity index (χ2n) is 6.59. The van der Waals surface area contributed by atoms with Crippen LogP contribution in [0.3, 0.4) is 0 Å². The maximum atomic E-state index is 9.61. The van der Waals surface area contributed by atoms with E-state index < -0.39 is 0 Å². The van der Waals surface area contributed by atoms with Gasteiger partial charge in [0.1, 0.15) is 0 Å². The van der Waals surface area contributed by atoms with E-state index in [2.05, 4.69) is 45.0 Å². The smallest absolute Gasteiger partial charge is 0.0522 e. The molecule has 100 valence electrons. The third kappa shape index (κ3) is 2.77. The van der Waals surface area contributed by atoms with Crippen molar-refractivity contribution < 1.29 is 5.11 Å². The van der Waals surface area contributed by atoms with Gasteiger partial charge in [-0.3, -0.25) is 0 Å². The molecule has 1 aromatic rings. The van der Waals surface area contributed by atoms with Gasteiger partial charge in [-0.25, -0.2) is 0 Å². The third-order valence-electron chi connectivity index (χ3n) is 4.54. The number of hydrogen-bond donors (Lipinski definition) is 1. The highest BCUT2D eigenvalue weighted by atomic mass is 16.3. The molecule has 0 aliphatic heterocycles. The van der Waals surface area contributed by atoms with Crippen molar-refractivity contribution in [2.45, 2.75) is 57.8 Å². The summed E-state index contributed by atoms with van der Waals surface area (Å²) in [6, 6.07) is 8.71. The first kappa shape index (κ1) is 13.6. The molecule has 0 heterocycles. The minimum Gasteiger partial charge on any atom is -0.395 e. The van der Waals surface area contributed by atoms with Gasteiger partial charge in [0.05, 0.1) is 6.61 Å². The number of rotatable bonds is 3. The molecule has 0 unspecified atom stereocenters. The maximum absolute atomic E-state index is 9.61. The van der Waals surface area contributed by atoms with E-state index in [0.717, 1.165) is 5.92 Å². The Bertz CT molecular complexity index is 386. The molecule has 0 radical (unpaired) electrons. The monoisotopic (exact) mass is 246 g/mol. The van der Waals surface area contributed by atoms with Crippen LogP contribution in [0.2, 0.25) is 0 Å². The topological polar surface area (TPSA) is 20.2 Å². The second kappa shape index (κ2) is 5.44. The molecule has 1 aromatic carbocycles. The summed E-state index contributed by atoms with van der Waals surface area (Å²) < 4.78 is 0. The Kier molecular flexibility index (Phi) is 4.11. The van der Waals surface area contributed by atoms with Gasteiger partial charge in [-0.2, -0.15) is 0 Å². The minimum absolute atomic E-state index is 0.125. The molecule has 1 aliphatic rings. The number of aliphatic hydroxyl groups excluding tert-OH is 1. The summed E-state index contributed by atoms with van der Waals surface area (Å²) in [5.74, 6) is 1.59. The van der Waals surface area contributed by atoms with E-state index in [1.807, 2.05) is 0 Å². The zero-order valence-electron chi connectivity index (χ0n) is 11.9. The standard InChI is InChI=1S/C17H26O/c1-13-8-10-14(11-9-13)15-6-4-5-7-16(15)17(2,3)12-18/h4-7,13-14,18H,8-12H2,1-3H3. The van der Waals surface area contributed by atoms with Crippen molar-refractivity contribution in [1.82, 2.24) is 0 Å². The van der Waals surface area contributed by atoms with Gasteiger partial charge in [-0.05, 0) is 35.8 Å². The third-order valence-corrected chi connectivity index (χ3v) is 4.54. The molecule has 2 rings (SSSR count).